The van der Waals surface area contributed by atoms with E-state index in [1.165, 1.54) is 0 Å². The maximum atomic E-state index is 12.4. The molecule has 0 N–H and O–H groups in total. The van der Waals surface area contributed by atoms with Crippen molar-refractivity contribution < 1.29 is 9.53 Å². The summed E-state index contributed by atoms with van der Waals surface area (Å²) in [6, 6.07) is 8.12. The molecule has 2 aromatic rings. The number of likely N-dealkylation sites (tertiary alicyclic amines) is 1. The number of ether oxygens (including phenoxy) is 1. The molecular formula is C19H26N4O2. The van der Waals surface area contributed by atoms with Crippen LogP contribution in [0.25, 0.3) is 0 Å². The first-order valence-corrected chi connectivity index (χ1v) is 8.92. The molecule has 3 rings (SSSR count). The van der Waals surface area contributed by atoms with Crippen LogP contribution in [-0.4, -0.2) is 45.3 Å². The number of hydrogen-bond acceptors (Lipinski definition) is 4. The number of hydrogen-bond donors (Lipinski definition) is 0. The van der Waals surface area contributed by atoms with E-state index in [0.717, 1.165) is 43.1 Å². The van der Waals surface area contributed by atoms with E-state index >= 15 is 0 Å². The molecule has 6 heteroatoms. The van der Waals surface area contributed by atoms with E-state index in [1.54, 1.807) is 6.33 Å². The van der Waals surface area contributed by atoms with Gasteiger partial charge in [-0.05, 0) is 45.2 Å². The Bertz CT molecular complexity index is 718. The van der Waals surface area contributed by atoms with E-state index in [4.69, 9.17) is 4.74 Å². The van der Waals surface area contributed by atoms with E-state index in [-0.39, 0.29) is 12.5 Å². The fourth-order valence-electron chi connectivity index (χ4n) is 3.28. The highest BCUT2D eigenvalue weighted by Crippen LogP contribution is 2.28. The summed E-state index contributed by atoms with van der Waals surface area (Å²) in [6.07, 6.45) is 3.64. The molecule has 0 radical (unpaired) electrons. The molecule has 1 fully saturated rings. The largest absolute Gasteiger partial charge is 0.484 e. The van der Waals surface area contributed by atoms with E-state index in [9.17, 15) is 4.79 Å². The number of para-hydroxylation sites is 1. The molecule has 25 heavy (non-hydrogen) atoms. The average Bonchev–Trinajstić information content (AvgIpc) is 3.11. The molecule has 1 aliphatic rings. The van der Waals surface area contributed by atoms with Crippen molar-refractivity contribution in [3.8, 4) is 5.75 Å². The van der Waals surface area contributed by atoms with Crippen molar-refractivity contribution >= 4 is 5.91 Å². The quantitative estimate of drug-likeness (QED) is 0.838. The summed E-state index contributed by atoms with van der Waals surface area (Å²) >= 11 is 0. The Hall–Kier alpha value is -2.37. The van der Waals surface area contributed by atoms with Crippen molar-refractivity contribution in [1.82, 2.24) is 19.7 Å². The van der Waals surface area contributed by atoms with Crippen LogP contribution < -0.4 is 4.74 Å². The second-order valence-corrected chi connectivity index (χ2v) is 6.90. The highest BCUT2D eigenvalue weighted by molar-refractivity contribution is 5.77. The molecule has 0 aliphatic carbocycles. The van der Waals surface area contributed by atoms with Gasteiger partial charge in [0.25, 0.3) is 5.91 Å². The van der Waals surface area contributed by atoms with Crippen molar-refractivity contribution in [1.29, 1.82) is 0 Å². The smallest absolute Gasteiger partial charge is 0.260 e. The first-order chi connectivity index (χ1) is 12.1. The third kappa shape index (κ3) is 4.00. The maximum Gasteiger partial charge on any atom is 0.260 e. The lowest BCUT2D eigenvalue weighted by atomic mass is 9.95. The zero-order chi connectivity index (χ0) is 17.8. The monoisotopic (exact) mass is 342 g/mol. The fourth-order valence-corrected chi connectivity index (χ4v) is 3.28. The van der Waals surface area contributed by atoms with Crippen LogP contribution in [-0.2, 0) is 4.79 Å². The van der Waals surface area contributed by atoms with Crippen LogP contribution in [0.5, 0.6) is 5.75 Å². The summed E-state index contributed by atoms with van der Waals surface area (Å²) in [4.78, 5) is 14.3. The first-order valence-electron chi connectivity index (χ1n) is 8.92. The van der Waals surface area contributed by atoms with Crippen molar-refractivity contribution in [2.45, 2.75) is 45.6 Å². The topological polar surface area (TPSA) is 60.2 Å². The molecule has 0 saturated carbocycles. The summed E-state index contributed by atoms with van der Waals surface area (Å²) in [5.74, 6) is 2.23. The van der Waals surface area contributed by atoms with Crippen LogP contribution in [0.2, 0.25) is 0 Å². The average molecular weight is 342 g/mol. The van der Waals surface area contributed by atoms with Gasteiger partial charge >= 0.3 is 0 Å². The highest BCUT2D eigenvalue weighted by Gasteiger charge is 2.27. The number of aromatic nitrogens is 3. The molecule has 0 bridgehead atoms. The number of piperidine rings is 1. The van der Waals surface area contributed by atoms with Crippen LogP contribution in [0, 0.1) is 6.92 Å². The molecule has 0 spiro atoms. The van der Waals surface area contributed by atoms with Crippen LogP contribution in [0.15, 0.2) is 30.6 Å². The Kier molecular flexibility index (Phi) is 5.36. The zero-order valence-electron chi connectivity index (χ0n) is 15.2. The summed E-state index contributed by atoms with van der Waals surface area (Å²) in [5.41, 5.74) is 1.04. The summed E-state index contributed by atoms with van der Waals surface area (Å²) in [5, 5.41) is 8.36. The first kappa shape index (κ1) is 17.5. The normalized spacial score (nSPS) is 15.6. The van der Waals surface area contributed by atoms with Gasteiger partial charge in [-0.2, -0.15) is 0 Å². The van der Waals surface area contributed by atoms with Gasteiger partial charge in [0, 0.05) is 25.0 Å². The molecule has 6 nitrogen and oxygen atoms in total. The summed E-state index contributed by atoms with van der Waals surface area (Å²) < 4.78 is 7.81. The zero-order valence-corrected chi connectivity index (χ0v) is 15.2. The molecule has 1 aromatic heterocycles. The van der Waals surface area contributed by atoms with Gasteiger partial charge in [-0.15, -0.1) is 10.2 Å². The molecule has 1 aromatic carbocycles. The highest BCUT2D eigenvalue weighted by atomic mass is 16.5. The third-order valence-corrected chi connectivity index (χ3v) is 4.81. The van der Waals surface area contributed by atoms with E-state index in [0.29, 0.717) is 12.0 Å². The number of carbonyl (C=O) groups excluding carboxylic acids is 1. The van der Waals surface area contributed by atoms with Gasteiger partial charge in [-0.3, -0.25) is 4.79 Å². The van der Waals surface area contributed by atoms with Gasteiger partial charge in [-0.25, -0.2) is 0 Å². The van der Waals surface area contributed by atoms with Crippen LogP contribution in [0.1, 0.15) is 50.0 Å². The third-order valence-electron chi connectivity index (χ3n) is 4.81. The van der Waals surface area contributed by atoms with Gasteiger partial charge in [-0.1, -0.05) is 18.2 Å². The van der Waals surface area contributed by atoms with Crippen LogP contribution in [0.4, 0.5) is 0 Å². The number of benzene rings is 1. The Morgan fingerprint density at radius 1 is 1.28 bits per heavy atom. The summed E-state index contributed by atoms with van der Waals surface area (Å²) in [6.45, 7) is 7.83. The molecular weight excluding hydrogens is 316 g/mol. The Balaban J connectivity index is 1.52. The molecule has 134 valence electrons. The standard InChI is InChI=1S/C19H26N4O2/c1-14(2)23-13-20-21-19(23)16-8-10-22(11-9-16)18(24)12-25-17-7-5-4-6-15(17)3/h4-7,13-14,16H,8-12H2,1-3H3. The van der Waals surface area contributed by atoms with Crippen molar-refractivity contribution in [3.63, 3.8) is 0 Å². The minimum atomic E-state index is 0.0482. The van der Waals surface area contributed by atoms with E-state index < -0.39 is 0 Å². The second-order valence-electron chi connectivity index (χ2n) is 6.90. The Morgan fingerprint density at radius 2 is 2.00 bits per heavy atom. The second kappa shape index (κ2) is 7.68. The van der Waals surface area contributed by atoms with Gasteiger partial charge in [0.05, 0.1) is 0 Å². The fraction of sp³-hybridized carbons (Fsp3) is 0.526. The predicted molar refractivity (Wildman–Crippen MR) is 95.6 cm³/mol. The summed E-state index contributed by atoms with van der Waals surface area (Å²) in [7, 11) is 0. The van der Waals surface area contributed by atoms with Crippen LogP contribution in [0.3, 0.4) is 0 Å². The van der Waals surface area contributed by atoms with Gasteiger partial charge < -0.3 is 14.2 Å². The van der Waals surface area contributed by atoms with Gasteiger partial charge in [0.15, 0.2) is 6.61 Å². The van der Waals surface area contributed by atoms with Crippen molar-refractivity contribution in [2.24, 2.45) is 0 Å². The lowest BCUT2D eigenvalue weighted by Gasteiger charge is -2.32. The Morgan fingerprint density at radius 3 is 2.68 bits per heavy atom. The predicted octanol–water partition coefficient (Wildman–Crippen LogP) is 2.95. The molecule has 1 aliphatic heterocycles. The molecule has 1 saturated heterocycles. The van der Waals surface area contributed by atoms with Gasteiger partial charge in [0.1, 0.15) is 17.9 Å². The number of amides is 1. The molecule has 2 heterocycles. The molecule has 0 atom stereocenters. The molecule has 0 unspecified atom stereocenters. The maximum absolute atomic E-state index is 12.4. The number of carbonyl (C=O) groups is 1. The number of aryl methyl sites for hydroxylation is 1. The van der Waals surface area contributed by atoms with E-state index in [1.807, 2.05) is 36.1 Å². The van der Waals surface area contributed by atoms with Crippen molar-refractivity contribution in [3.05, 3.63) is 42.0 Å². The van der Waals surface area contributed by atoms with Gasteiger partial charge in [0.2, 0.25) is 0 Å². The SMILES string of the molecule is Cc1ccccc1OCC(=O)N1CCC(c2nncn2C(C)C)CC1. The minimum absolute atomic E-state index is 0.0482. The minimum Gasteiger partial charge on any atom is -0.484 e. The van der Waals surface area contributed by atoms with Crippen LogP contribution >= 0.6 is 0 Å². The van der Waals surface area contributed by atoms with Crippen molar-refractivity contribution in [2.75, 3.05) is 19.7 Å². The number of rotatable bonds is 5. The molecule has 1 amide bonds. The Labute approximate surface area is 148 Å². The lowest BCUT2D eigenvalue weighted by molar-refractivity contribution is -0.134. The lowest BCUT2D eigenvalue weighted by Crippen LogP contribution is -2.41. The number of nitrogens with zero attached hydrogens (tertiary/aromatic N) is 4. The van der Waals surface area contributed by atoms with E-state index in [2.05, 4.69) is 28.6 Å².